The zero-order chi connectivity index (χ0) is 14.4. The van der Waals surface area contributed by atoms with Crippen LogP contribution in [0.1, 0.15) is 30.1 Å². The summed E-state index contributed by atoms with van der Waals surface area (Å²) in [6.45, 7) is 3.61. The third-order valence-electron chi connectivity index (χ3n) is 4.93. The van der Waals surface area contributed by atoms with Crippen molar-refractivity contribution >= 4 is 16.8 Å². The number of carbonyl (C=O) groups is 1. The lowest BCUT2D eigenvalue weighted by molar-refractivity contribution is 0.0333. The Bertz CT molecular complexity index is 678. The normalized spacial score (nSPS) is 27.7. The summed E-state index contributed by atoms with van der Waals surface area (Å²) >= 11 is 0. The number of rotatable bonds is 3. The van der Waals surface area contributed by atoms with E-state index in [1.807, 2.05) is 42.3 Å². The van der Waals surface area contributed by atoms with Crippen molar-refractivity contribution in [3.05, 3.63) is 36.0 Å². The maximum atomic E-state index is 12.8. The number of nitrogens with one attached hydrogen (secondary N) is 1. The largest absolute Gasteiger partial charge is 0.376 e. The quantitative estimate of drug-likeness (QED) is 0.942. The molecule has 3 atom stereocenters. The van der Waals surface area contributed by atoms with Crippen molar-refractivity contribution in [2.45, 2.75) is 31.9 Å². The van der Waals surface area contributed by atoms with Gasteiger partial charge in [-0.2, -0.15) is 0 Å². The van der Waals surface area contributed by atoms with Gasteiger partial charge >= 0.3 is 0 Å². The number of hydrogen-bond donors (Lipinski definition) is 1. The summed E-state index contributed by atoms with van der Waals surface area (Å²) in [5.41, 5.74) is 1.85. The molecule has 1 saturated heterocycles. The van der Waals surface area contributed by atoms with Crippen molar-refractivity contribution in [1.29, 1.82) is 0 Å². The van der Waals surface area contributed by atoms with Gasteiger partial charge in [0, 0.05) is 41.7 Å². The first-order valence-electron chi connectivity index (χ1n) is 7.77. The van der Waals surface area contributed by atoms with Gasteiger partial charge in [-0.1, -0.05) is 0 Å². The molecule has 4 rings (SSSR count). The van der Waals surface area contributed by atoms with Crippen molar-refractivity contribution in [3.63, 3.8) is 0 Å². The minimum Gasteiger partial charge on any atom is -0.376 e. The highest BCUT2D eigenvalue weighted by Crippen LogP contribution is 2.40. The van der Waals surface area contributed by atoms with Crippen LogP contribution in [0.5, 0.6) is 0 Å². The van der Waals surface area contributed by atoms with E-state index >= 15 is 0 Å². The molecule has 0 radical (unpaired) electrons. The zero-order valence-electron chi connectivity index (χ0n) is 12.2. The van der Waals surface area contributed by atoms with Crippen LogP contribution < -0.4 is 0 Å². The van der Waals surface area contributed by atoms with Crippen molar-refractivity contribution in [2.24, 2.45) is 5.92 Å². The van der Waals surface area contributed by atoms with Crippen molar-refractivity contribution in [2.75, 3.05) is 13.2 Å². The number of amides is 1. The fraction of sp³-hybridized carbons (Fsp3) is 0.471. The number of ether oxygens (including phenoxy) is 1. The van der Waals surface area contributed by atoms with E-state index in [9.17, 15) is 4.79 Å². The molecule has 2 aliphatic rings. The zero-order valence-corrected chi connectivity index (χ0v) is 12.2. The third kappa shape index (κ3) is 1.97. The topological polar surface area (TPSA) is 45.3 Å². The molecule has 4 nitrogen and oxygen atoms in total. The number of nitrogens with zero attached hydrogens (tertiary/aromatic N) is 1. The van der Waals surface area contributed by atoms with Gasteiger partial charge in [-0.25, -0.2) is 0 Å². The van der Waals surface area contributed by atoms with Crippen LogP contribution in [0.15, 0.2) is 30.5 Å². The first kappa shape index (κ1) is 12.9. The summed E-state index contributed by atoms with van der Waals surface area (Å²) in [4.78, 5) is 18.0. The molecular formula is C17H20N2O2. The Morgan fingerprint density at radius 1 is 1.38 bits per heavy atom. The molecule has 2 aromatic rings. The first-order valence-corrected chi connectivity index (χ1v) is 7.77. The molecular weight excluding hydrogens is 264 g/mol. The van der Waals surface area contributed by atoms with Crippen LogP contribution in [0.4, 0.5) is 0 Å². The molecule has 1 aliphatic heterocycles. The number of fused-ring (bicyclic) bond motifs is 3. The van der Waals surface area contributed by atoms with Crippen LogP contribution in [-0.2, 0) is 4.74 Å². The summed E-state index contributed by atoms with van der Waals surface area (Å²) in [6.07, 6.45) is 4.42. The van der Waals surface area contributed by atoms with Crippen LogP contribution in [0.2, 0.25) is 0 Å². The highest BCUT2D eigenvalue weighted by Gasteiger charge is 2.49. The molecule has 2 bridgehead atoms. The van der Waals surface area contributed by atoms with Crippen molar-refractivity contribution in [1.82, 2.24) is 9.88 Å². The molecule has 2 fully saturated rings. The number of piperidine rings is 1. The molecule has 1 aromatic heterocycles. The Kier molecular flexibility index (Phi) is 3.00. The Morgan fingerprint density at radius 3 is 3.14 bits per heavy atom. The van der Waals surface area contributed by atoms with Crippen LogP contribution in [-0.4, -0.2) is 41.1 Å². The molecule has 1 aromatic carbocycles. The van der Waals surface area contributed by atoms with Gasteiger partial charge in [0.05, 0.1) is 12.1 Å². The molecule has 2 heterocycles. The third-order valence-corrected chi connectivity index (χ3v) is 4.93. The van der Waals surface area contributed by atoms with E-state index in [0.717, 1.165) is 36.0 Å². The lowest BCUT2D eigenvalue weighted by Gasteiger charge is -2.27. The van der Waals surface area contributed by atoms with Gasteiger partial charge in [0.25, 0.3) is 5.91 Å². The molecule has 110 valence electrons. The van der Waals surface area contributed by atoms with Crippen LogP contribution in [0.3, 0.4) is 0 Å². The first-order chi connectivity index (χ1) is 10.3. The molecule has 0 spiro atoms. The average Bonchev–Trinajstić information content (AvgIpc) is 3.20. The maximum absolute atomic E-state index is 12.8. The van der Waals surface area contributed by atoms with E-state index in [0.29, 0.717) is 5.92 Å². The van der Waals surface area contributed by atoms with Crippen LogP contribution in [0, 0.1) is 5.92 Å². The van der Waals surface area contributed by atoms with Gasteiger partial charge in [-0.15, -0.1) is 0 Å². The summed E-state index contributed by atoms with van der Waals surface area (Å²) in [6, 6.07) is 8.16. The lowest BCUT2D eigenvalue weighted by atomic mass is 10.1. The molecule has 0 unspecified atom stereocenters. The van der Waals surface area contributed by atoms with Crippen molar-refractivity contribution < 1.29 is 9.53 Å². The maximum Gasteiger partial charge on any atom is 0.254 e. The van der Waals surface area contributed by atoms with Gasteiger partial charge in [-0.3, -0.25) is 4.79 Å². The van der Waals surface area contributed by atoms with Gasteiger partial charge < -0.3 is 14.6 Å². The SMILES string of the molecule is CCO[C@@H]1[C@H]2CC[C@H]1N(C(=O)c1ccc3[nH]ccc3c1)C2. The number of aromatic nitrogens is 1. The predicted molar refractivity (Wildman–Crippen MR) is 81.3 cm³/mol. The standard InChI is InChI=1S/C17H20N2O2/c1-2-21-16-13-4-6-15(16)19(10-13)17(20)12-3-5-14-11(9-12)7-8-18-14/h3,5,7-9,13,15-16,18H,2,4,6,10H2,1H3/t13-,15+,16+/m0/s1. The molecule has 1 saturated carbocycles. The smallest absolute Gasteiger partial charge is 0.254 e. The molecule has 1 amide bonds. The van der Waals surface area contributed by atoms with E-state index in [4.69, 9.17) is 4.74 Å². The monoisotopic (exact) mass is 284 g/mol. The second-order valence-electron chi connectivity index (χ2n) is 6.06. The van der Waals surface area contributed by atoms with Gasteiger partial charge in [0.1, 0.15) is 0 Å². The number of likely N-dealkylation sites (tertiary alicyclic amines) is 1. The van der Waals surface area contributed by atoms with Crippen molar-refractivity contribution in [3.8, 4) is 0 Å². The fourth-order valence-corrected chi connectivity index (χ4v) is 3.97. The number of carbonyl (C=O) groups excluding carboxylic acids is 1. The lowest BCUT2D eigenvalue weighted by Crippen LogP contribution is -2.39. The van der Waals surface area contributed by atoms with E-state index in [2.05, 4.69) is 4.98 Å². The molecule has 1 N–H and O–H groups in total. The molecule has 21 heavy (non-hydrogen) atoms. The van der Waals surface area contributed by atoms with Gasteiger partial charge in [0.2, 0.25) is 0 Å². The second-order valence-corrected chi connectivity index (χ2v) is 6.06. The Labute approximate surface area is 124 Å². The predicted octanol–water partition coefficient (Wildman–Crippen LogP) is 2.81. The summed E-state index contributed by atoms with van der Waals surface area (Å²) in [7, 11) is 0. The Balaban J connectivity index is 1.60. The van der Waals surface area contributed by atoms with Gasteiger partial charge in [0.15, 0.2) is 0 Å². The van der Waals surface area contributed by atoms with Crippen LogP contribution in [0.25, 0.3) is 10.9 Å². The molecule has 1 aliphatic carbocycles. The van der Waals surface area contributed by atoms with E-state index in [1.165, 1.54) is 6.42 Å². The van der Waals surface area contributed by atoms with Crippen LogP contribution >= 0.6 is 0 Å². The number of H-pyrrole nitrogens is 1. The minimum atomic E-state index is 0.148. The highest BCUT2D eigenvalue weighted by molar-refractivity contribution is 5.98. The number of hydrogen-bond acceptors (Lipinski definition) is 2. The Hall–Kier alpha value is -1.81. The second kappa shape index (κ2) is 4.88. The van der Waals surface area contributed by atoms with E-state index in [1.54, 1.807) is 0 Å². The number of benzene rings is 1. The summed E-state index contributed by atoms with van der Waals surface area (Å²) < 4.78 is 5.87. The average molecular weight is 284 g/mol. The molecule has 4 heteroatoms. The fourth-order valence-electron chi connectivity index (χ4n) is 3.97. The summed E-state index contributed by atoms with van der Waals surface area (Å²) in [5, 5.41) is 1.09. The number of aromatic amines is 1. The Morgan fingerprint density at radius 2 is 2.29 bits per heavy atom. The van der Waals surface area contributed by atoms with E-state index < -0.39 is 0 Å². The minimum absolute atomic E-state index is 0.148. The highest BCUT2D eigenvalue weighted by atomic mass is 16.5. The summed E-state index contributed by atoms with van der Waals surface area (Å²) in [5.74, 6) is 0.671. The van der Waals surface area contributed by atoms with Gasteiger partial charge in [-0.05, 0) is 44.0 Å². The van der Waals surface area contributed by atoms with E-state index in [-0.39, 0.29) is 18.1 Å².